The SMILES string of the molecule is CN(CC(=N)CC(=Nc1ccccc1Cl)c1ccc(-c2cccc(S(C)(=O)=O)c2)s1)Cc1cccs1. The zero-order valence-corrected chi connectivity index (χ0v) is 23.1. The van der Waals surface area contributed by atoms with Gasteiger partial charge in [0.05, 0.1) is 21.3 Å². The van der Waals surface area contributed by atoms with Crippen molar-refractivity contribution >= 4 is 61.2 Å². The van der Waals surface area contributed by atoms with Gasteiger partial charge in [-0.05, 0) is 60.5 Å². The summed E-state index contributed by atoms with van der Waals surface area (Å²) < 4.78 is 24.0. The van der Waals surface area contributed by atoms with Gasteiger partial charge in [-0.1, -0.05) is 41.9 Å². The Kier molecular flexibility index (Phi) is 8.54. The number of benzene rings is 2. The first kappa shape index (κ1) is 26.4. The van der Waals surface area contributed by atoms with E-state index in [4.69, 9.17) is 22.0 Å². The van der Waals surface area contributed by atoms with E-state index in [1.165, 1.54) is 22.5 Å². The fraction of sp³-hybridized carbons (Fsp3) is 0.185. The van der Waals surface area contributed by atoms with E-state index >= 15 is 0 Å². The summed E-state index contributed by atoms with van der Waals surface area (Å²) in [6.07, 6.45) is 1.59. The van der Waals surface area contributed by atoms with E-state index in [1.807, 2.05) is 49.5 Å². The zero-order valence-electron chi connectivity index (χ0n) is 19.9. The van der Waals surface area contributed by atoms with Crippen LogP contribution in [0.15, 0.2) is 88.1 Å². The number of nitrogens with one attached hydrogen (secondary N) is 1. The Hall–Kier alpha value is -2.62. The molecule has 0 aliphatic rings. The van der Waals surface area contributed by atoms with Crippen LogP contribution in [0.2, 0.25) is 5.02 Å². The molecule has 9 heteroatoms. The van der Waals surface area contributed by atoms with E-state index in [0.717, 1.165) is 27.6 Å². The summed E-state index contributed by atoms with van der Waals surface area (Å²) in [5, 5.41) is 11.3. The van der Waals surface area contributed by atoms with Crippen LogP contribution in [0.1, 0.15) is 16.2 Å². The fourth-order valence-corrected chi connectivity index (χ4v) is 6.32. The number of para-hydroxylation sites is 1. The maximum atomic E-state index is 12.0. The lowest BCUT2D eigenvalue weighted by molar-refractivity contribution is 0.376. The van der Waals surface area contributed by atoms with Gasteiger partial charge in [-0.2, -0.15) is 0 Å². The lowest BCUT2D eigenvalue weighted by atomic mass is 10.1. The molecule has 186 valence electrons. The normalized spacial score (nSPS) is 12.3. The Morgan fingerprint density at radius 3 is 2.58 bits per heavy atom. The molecule has 36 heavy (non-hydrogen) atoms. The van der Waals surface area contributed by atoms with Gasteiger partial charge in [0.25, 0.3) is 0 Å². The van der Waals surface area contributed by atoms with Crippen molar-refractivity contribution in [2.45, 2.75) is 17.9 Å². The molecule has 0 aliphatic carbocycles. The largest absolute Gasteiger partial charge is 0.308 e. The molecule has 2 aromatic heterocycles. The van der Waals surface area contributed by atoms with Gasteiger partial charge in [0.2, 0.25) is 0 Å². The van der Waals surface area contributed by atoms with Crippen LogP contribution in [-0.2, 0) is 16.4 Å². The molecule has 0 radical (unpaired) electrons. The van der Waals surface area contributed by atoms with E-state index in [0.29, 0.717) is 29.4 Å². The van der Waals surface area contributed by atoms with Gasteiger partial charge in [-0.15, -0.1) is 22.7 Å². The topological polar surface area (TPSA) is 73.6 Å². The fourth-order valence-electron chi connectivity index (χ4n) is 3.71. The Bertz CT molecular complexity index is 1490. The first-order valence-electron chi connectivity index (χ1n) is 11.2. The number of nitrogens with zero attached hydrogens (tertiary/aromatic N) is 2. The number of sulfone groups is 1. The van der Waals surface area contributed by atoms with Gasteiger partial charge in [-0.25, -0.2) is 8.42 Å². The molecule has 0 spiro atoms. The molecule has 0 unspecified atom stereocenters. The van der Waals surface area contributed by atoms with Gasteiger partial charge < -0.3 is 5.41 Å². The second-order valence-electron chi connectivity index (χ2n) is 8.51. The van der Waals surface area contributed by atoms with Crippen LogP contribution in [-0.4, -0.2) is 44.6 Å². The third-order valence-electron chi connectivity index (χ3n) is 5.39. The average Bonchev–Trinajstić information content (AvgIpc) is 3.52. The molecule has 0 saturated heterocycles. The van der Waals surface area contributed by atoms with Crippen LogP contribution >= 0.6 is 34.3 Å². The van der Waals surface area contributed by atoms with Crippen LogP contribution in [0, 0.1) is 5.41 Å². The van der Waals surface area contributed by atoms with Crippen molar-refractivity contribution in [2.24, 2.45) is 4.99 Å². The number of aliphatic imine (C=N–C) groups is 1. The molecule has 2 aromatic carbocycles. The summed E-state index contributed by atoms with van der Waals surface area (Å²) in [5.41, 5.74) is 2.79. The molecule has 0 atom stereocenters. The highest BCUT2D eigenvalue weighted by molar-refractivity contribution is 7.90. The standard InChI is InChI=1S/C27H26ClN3O2S3/c1-31(18-21-8-6-14-34-21)17-20(29)16-25(30-24-11-4-3-10-23(24)28)27-13-12-26(35-27)19-7-5-9-22(15-19)36(2,32)33/h3-15,29H,16-18H2,1-2H3. The molecule has 4 rings (SSSR count). The van der Waals surface area contributed by atoms with E-state index in [9.17, 15) is 8.42 Å². The predicted molar refractivity (Wildman–Crippen MR) is 154 cm³/mol. The number of halogens is 1. The van der Waals surface area contributed by atoms with Crippen molar-refractivity contribution in [1.29, 1.82) is 5.41 Å². The average molecular weight is 556 g/mol. The highest BCUT2D eigenvalue weighted by Gasteiger charge is 2.15. The number of hydrogen-bond donors (Lipinski definition) is 1. The van der Waals surface area contributed by atoms with E-state index in [1.54, 1.807) is 35.6 Å². The van der Waals surface area contributed by atoms with Crippen molar-refractivity contribution in [1.82, 2.24) is 4.90 Å². The molecule has 0 fully saturated rings. The lowest BCUT2D eigenvalue weighted by Crippen LogP contribution is -2.26. The molecule has 0 aliphatic heterocycles. The summed E-state index contributed by atoms with van der Waals surface area (Å²) >= 11 is 9.63. The van der Waals surface area contributed by atoms with Crippen LogP contribution in [0.5, 0.6) is 0 Å². The van der Waals surface area contributed by atoms with Crippen LogP contribution < -0.4 is 0 Å². The minimum atomic E-state index is -3.30. The molecule has 1 N–H and O–H groups in total. The van der Waals surface area contributed by atoms with Crippen molar-refractivity contribution in [3.05, 3.63) is 93.0 Å². The van der Waals surface area contributed by atoms with Gasteiger partial charge in [0.15, 0.2) is 9.84 Å². The number of hydrogen-bond acceptors (Lipinski definition) is 7. The quantitative estimate of drug-likeness (QED) is 0.210. The van der Waals surface area contributed by atoms with E-state index in [-0.39, 0.29) is 4.90 Å². The van der Waals surface area contributed by atoms with Gasteiger partial charge in [0, 0.05) is 46.1 Å². The van der Waals surface area contributed by atoms with Crippen LogP contribution in [0.3, 0.4) is 0 Å². The van der Waals surface area contributed by atoms with Crippen LogP contribution in [0.25, 0.3) is 10.4 Å². The number of rotatable bonds is 10. The molecule has 0 saturated carbocycles. The summed E-state index contributed by atoms with van der Waals surface area (Å²) in [4.78, 5) is 10.4. The molecule has 0 bridgehead atoms. The highest BCUT2D eigenvalue weighted by Crippen LogP contribution is 2.32. The smallest absolute Gasteiger partial charge is 0.175 e. The molecular weight excluding hydrogens is 530 g/mol. The number of thiophene rings is 2. The van der Waals surface area contributed by atoms with E-state index in [2.05, 4.69) is 16.3 Å². The first-order chi connectivity index (χ1) is 17.2. The van der Waals surface area contributed by atoms with Crippen molar-refractivity contribution in [3.8, 4) is 10.4 Å². The monoisotopic (exact) mass is 555 g/mol. The van der Waals surface area contributed by atoms with Crippen molar-refractivity contribution in [3.63, 3.8) is 0 Å². The minimum Gasteiger partial charge on any atom is -0.308 e. The molecular formula is C27H26ClN3O2S3. The first-order valence-corrected chi connectivity index (χ1v) is 15.2. The van der Waals surface area contributed by atoms with E-state index < -0.39 is 9.84 Å². The van der Waals surface area contributed by atoms with Gasteiger partial charge >= 0.3 is 0 Å². The molecule has 2 heterocycles. The van der Waals surface area contributed by atoms with Crippen molar-refractivity contribution < 1.29 is 8.42 Å². The Balaban J connectivity index is 1.61. The Morgan fingerprint density at radius 1 is 1.06 bits per heavy atom. The maximum Gasteiger partial charge on any atom is 0.175 e. The maximum absolute atomic E-state index is 12.0. The van der Waals surface area contributed by atoms with Crippen molar-refractivity contribution in [2.75, 3.05) is 19.8 Å². The second-order valence-corrected chi connectivity index (χ2v) is 13.0. The molecule has 4 aromatic rings. The highest BCUT2D eigenvalue weighted by atomic mass is 35.5. The zero-order chi connectivity index (χ0) is 25.7. The predicted octanol–water partition coefficient (Wildman–Crippen LogP) is 7.20. The van der Waals surface area contributed by atoms with Gasteiger partial charge in [0.1, 0.15) is 0 Å². The lowest BCUT2D eigenvalue weighted by Gasteiger charge is -2.16. The second kappa shape index (κ2) is 11.6. The van der Waals surface area contributed by atoms with Gasteiger partial charge in [-0.3, -0.25) is 9.89 Å². The molecule has 0 amide bonds. The summed E-state index contributed by atoms with van der Waals surface area (Å²) in [5.74, 6) is 0. The third kappa shape index (κ3) is 6.99. The Labute approximate surface area is 225 Å². The third-order valence-corrected chi connectivity index (χ3v) is 8.87. The Morgan fingerprint density at radius 2 is 1.86 bits per heavy atom. The summed E-state index contributed by atoms with van der Waals surface area (Å²) in [6, 6.07) is 22.4. The van der Waals surface area contributed by atoms with Crippen LogP contribution in [0.4, 0.5) is 5.69 Å². The minimum absolute atomic E-state index is 0.287. The summed E-state index contributed by atoms with van der Waals surface area (Å²) in [7, 11) is -1.29. The summed E-state index contributed by atoms with van der Waals surface area (Å²) in [6.45, 7) is 1.31. The molecule has 5 nitrogen and oxygen atoms in total.